The van der Waals surface area contributed by atoms with Crippen molar-refractivity contribution in [2.75, 3.05) is 0 Å². The molecule has 0 saturated heterocycles. The monoisotopic (exact) mass is 253 g/mol. The third-order valence-corrected chi connectivity index (χ3v) is 3.29. The minimum absolute atomic E-state index is 0.429. The minimum atomic E-state index is -0.866. The number of fused-ring (bicyclic) bond motifs is 1. The van der Waals surface area contributed by atoms with Gasteiger partial charge in [-0.25, -0.2) is 0 Å². The van der Waals surface area contributed by atoms with E-state index in [0.29, 0.717) is 12.2 Å². The van der Waals surface area contributed by atoms with Gasteiger partial charge in [0.25, 0.3) is 0 Å². The number of hydrogen-bond acceptors (Lipinski definition) is 3. The van der Waals surface area contributed by atoms with Gasteiger partial charge in [0, 0.05) is 5.56 Å². The Morgan fingerprint density at radius 3 is 2.79 bits per heavy atom. The average Bonchev–Trinajstić information content (AvgIpc) is 2.80. The smallest absolute Gasteiger partial charge is 0.423 e. The minimum Gasteiger partial charge on any atom is -0.423 e. The summed E-state index contributed by atoms with van der Waals surface area (Å²) in [6.45, 7) is 0.429. The van der Waals surface area contributed by atoms with Crippen molar-refractivity contribution in [2.45, 2.75) is 6.61 Å². The first-order valence-electron chi connectivity index (χ1n) is 5.98. The van der Waals surface area contributed by atoms with Crippen LogP contribution in [0.4, 0.5) is 0 Å². The Morgan fingerprint density at radius 2 is 2.00 bits per heavy atom. The van der Waals surface area contributed by atoms with Crippen LogP contribution in [0, 0.1) is 0 Å². The summed E-state index contributed by atoms with van der Waals surface area (Å²) in [5.41, 5.74) is 9.32. The number of carbonyl (C=O) groups excluding carboxylic acids is 1. The summed E-state index contributed by atoms with van der Waals surface area (Å²) in [5, 5.41) is 9.70. The van der Waals surface area contributed by atoms with E-state index in [9.17, 15) is 9.82 Å². The molecule has 94 valence electrons. The van der Waals surface area contributed by atoms with Crippen LogP contribution >= 0.6 is 0 Å². The highest BCUT2D eigenvalue weighted by Crippen LogP contribution is 2.22. The lowest BCUT2D eigenvalue weighted by Crippen LogP contribution is -2.28. The summed E-state index contributed by atoms with van der Waals surface area (Å²) in [6, 6.07) is 12.9. The second kappa shape index (κ2) is 4.53. The molecule has 2 aromatic rings. The van der Waals surface area contributed by atoms with E-state index in [1.54, 1.807) is 18.2 Å². The molecule has 0 fully saturated rings. The fourth-order valence-electron chi connectivity index (χ4n) is 2.25. The maximum absolute atomic E-state index is 11.2. The van der Waals surface area contributed by atoms with Gasteiger partial charge in [0.05, 0.1) is 6.61 Å². The van der Waals surface area contributed by atoms with Crippen LogP contribution in [0.2, 0.25) is 0 Å². The highest BCUT2D eigenvalue weighted by molar-refractivity contribution is 6.61. The van der Waals surface area contributed by atoms with Crippen molar-refractivity contribution in [3.8, 4) is 11.1 Å². The molecule has 5 heteroatoms. The lowest BCUT2D eigenvalue weighted by molar-refractivity contribution is 0.100. The summed E-state index contributed by atoms with van der Waals surface area (Å²) in [5.74, 6) is -0.452. The molecule has 3 N–H and O–H groups in total. The van der Waals surface area contributed by atoms with Crippen LogP contribution in [0.3, 0.4) is 0 Å². The fraction of sp³-hybridized carbons (Fsp3) is 0.0714. The quantitative estimate of drug-likeness (QED) is 0.772. The molecule has 1 aliphatic rings. The van der Waals surface area contributed by atoms with Crippen molar-refractivity contribution in [3.63, 3.8) is 0 Å². The van der Waals surface area contributed by atoms with E-state index in [2.05, 4.69) is 0 Å². The lowest BCUT2D eigenvalue weighted by Gasteiger charge is -2.06. The molecule has 0 radical (unpaired) electrons. The first-order valence-corrected chi connectivity index (χ1v) is 5.98. The van der Waals surface area contributed by atoms with Crippen LogP contribution in [0.1, 0.15) is 15.9 Å². The fourth-order valence-corrected chi connectivity index (χ4v) is 2.25. The van der Waals surface area contributed by atoms with Gasteiger partial charge in [0.1, 0.15) is 0 Å². The Labute approximate surface area is 111 Å². The Morgan fingerprint density at radius 1 is 1.21 bits per heavy atom. The number of hydrogen-bond donors (Lipinski definition) is 2. The normalized spacial score (nSPS) is 13.4. The molecule has 0 saturated carbocycles. The van der Waals surface area contributed by atoms with Gasteiger partial charge in [0.15, 0.2) is 0 Å². The maximum Gasteiger partial charge on any atom is 0.491 e. The van der Waals surface area contributed by atoms with E-state index in [0.717, 1.165) is 22.2 Å². The standard InChI is InChI=1S/C14H12BNO3/c16-14(17)11-3-1-2-9(6-11)10-4-5-12-8-19-15(18)13(12)7-10/h1-7,18H,8H2,(H2,16,17). The molecule has 0 unspecified atom stereocenters. The van der Waals surface area contributed by atoms with Gasteiger partial charge in [-0.2, -0.15) is 0 Å². The van der Waals surface area contributed by atoms with Gasteiger partial charge in [-0.15, -0.1) is 0 Å². The second-order valence-electron chi connectivity index (χ2n) is 4.52. The van der Waals surface area contributed by atoms with Gasteiger partial charge in [-0.1, -0.05) is 30.3 Å². The SMILES string of the molecule is NC(=O)c1cccc(-c2ccc3c(c2)B(O)OC3)c1. The van der Waals surface area contributed by atoms with Gasteiger partial charge in [-0.3, -0.25) is 4.79 Å². The number of rotatable bonds is 2. The number of nitrogens with two attached hydrogens (primary N) is 1. The van der Waals surface area contributed by atoms with Crippen LogP contribution in [0.5, 0.6) is 0 Å². The molecule has 0 atom stereocenters. The first-order chi connectivity index (χ1) is 9.15. The Balaban J connectivity index is 2.05. The van der Waals surface area contributed by atoms with Gasteiger partial charge < -0.3 is 15.4 Å². The third-order valence-electron chi connectivity index (χ3n) is 3.29. The third kappa shape index (κ3) is 2.14. The molecule has 4 nitrogen and oxygen atoms in total. The summed E-state index contributed by atoms with van der Waals surface area (Å²) in [4.78, 5) is 11.2. The van der Waals surface area contributed by atoms with Crippen molar-refractivity contribution in [3.05, 3.63) is 53.6 Å². The highest BCUT2D eigenvalue weighted by atomic mass is 16.5. The van der Waals surface area contributed by atoms with Gasteiger partial charge in [0.2, 0.25) is 5.91 Å². The molecule has 1 aliphatic heterocycles. The van der Waals surface area contributed by atoms with Crippen LogP contribution < -0.4 is 11.2 Å². The van der Waals surface area contributed by atoms with E-state index in [1.165, 1.54) is 0 Å². The van der Waals surface area contributed by atoms with Crippen LogP contribution in [-0.2, 0) is 11.3 Å². The van der Waals surface area contributed by atoms with Crippen molar-refractivity contribution in [1.82, 2.24) is 0 Å². The molecular formula is C14H12BNO3. The van der Waals surface area contributed by atoms with Crippen molar-refractivity contribution >= 4 is 18.5 Å². The van der Waals surface area contributed by atoms with Crippen molar-refractivity contribution < 1.29 is 14.5 Å². The van der Waals surface area contributed by atoms with Crippen LogP contribution in [-0.4, -0.2) is 18.0 Å². The summed E-state index contributed by atoms with van der Waals surface area (Å²) < 4.78 is 5.16. The molecule has 0 spiro atoms. The molecule has 1 heterocycles. The van der Waals surface area contributed by atoms with Crippen LogP contribution in [0.15, 0.2) is 42.5 Å². The summed E-state index contributed by atoms with van der Waals surface area (Å²) >= 11 is 0. The predicted octanol–water partition coefficient (Wildman–Crippen LogP) is 0.670. The molecule has 0 aliphatic carbocycles. The number of carbonyl (C=O) groups is 1. The van der Waals surface area contributed by atoms with Gasteiger partial charge >= 0.3 is 7.12 Å². The zero-order chi connectivity index (χ0) is 13.4. The van der Waals surface area contributed by atoms with E-state index < -0.39 is 13.0 Å². The second-order valence-corrected chi connectivity index (χ2v) is 4.52. The largest absolute Gasteiger partial charge is 0.491 e. The maximum atomic E-state index is 11.2. The Bertz CT molecular complexity index is 657. The Kier molecular flexibility index (Phi) is 2.85. The van der Waals surface area contributed by atoms with E-state index in [-0.39, 0.29) is 0 Å². The molecule has 19 heavy (non-hydrogen) atoms. The van der Waals surface area contributed by atoms with E-state index >= 15 is 0 Å². The summed E-state index contributed by atoms with van der Waals surface area (Å²) in [7, 11) is -0.866. The van der Waals surface area contributed by atoms with Gasteiger partial charge in [-0.05, 0) is 34.3 Å². The molecule has 0 bridgehead atoms. The molecule has 2 aromatic carbocycles. The molecular weight excluding hydrogens is 241 g/mol. The van der Waals surface area contributed by atoms with Crippen molar-refractivity contribution in [2.24, 2.45) is 5.73 Å². The zero-order valence-corrected chi connectivity index (χ0v) is 10.2. The topological polar surface area (TPSA) is 72.6 Å². The predicted molar refractivity (Wildman–Crippen MR) is 72.8 cm³/mol. The van der Waals surface area contributed by atoms with E-state index in [4.69, 9.17) is 10.4 Å². The van der Waals surface area contributed by atoms with Crippen molar-refractivity contribution in [1.29, 1.82) is 0 Å². The molecule has 3 rings (SSSR count). The molecule has 0 aromatic heterocycles. The average molecular weight is 253 g/mol. The summed E-state index contributed by atoms with van der Waals surface area (Å²) in [6.07, 6.45) is 0. The van der Waals surface area contributed by atoms with Crippen LogP contribution in [0.25, 0.3) is 11.1 Å². The number of benzene rings is 2. The van der Waals surface area contributed by atoms with E-state index in [1.807, 2.05) is 24.3 Å². The zero-order valence-electron chi connectivity index (χ0n) is 10.2. The number of primary amides is 1. The molecule has 1 amide bonds. The Hall–Kier alpha value is -2.11. The number of amides is 1. The highest BCUT2D eigenvalue weighted by Gasteiger charge is 2.27. The lowest BCUT2D eigenvalue weighted by atomic mass is 9.78. The first kappa shape index (κ1) is 12.0.